The highest BCUT2D eigenvalue weighted by Gasteiger charge is 2.20. The maximum atomic E-state index is 12.7. The maximum Gasteiger partial charge on any atom is 0.339 e. The molecule has 0 aliphatic rings. The fourth-order valence-electron chi connectivity index (χ4n) is 4.14. The van der Waals surface area contributed by atoms with Crippen molar-refractivity contribution in [3.8, 4) is 0 Å². The summed E-state index contributed by atoms with van der Waals surface area (Å²) in [5.41, 5.74) is 0.589. The molecule has 0 bridgehead atoms. The van der Waals surface area contributed by atoms with E-state index < -0.39 is 11.9 Å². The Morgan fingerprint density at radius 3 is 1.35 bits per heavy atom. The van der Waals surface area contributed by atoms with Gasteiger partial charge in [-0.15, -0.1) is 0 Å². The first kappa shape index (κ1) is 30.2. The predicted octanol–water partition coefficient (Wildman–Crippen LogP) is 8.77. The van der Waals surface area contributed by atoms with Crippen LogP contribution in [0.2, 0.25) is 0 Å². The molecule has 194 valence electrons. The highest BCUT2D eigenvalue weighted by Crippen LogP contribution is 2.17. The molecule has 1 rings (SSSR count). The van der Waals surface area contributed by atoms with Gasteiger partial charge in [-0.3, -0.25) is 0 Å². The minimum absolute atomic E-state index is 0.294. The maximum absolute atomic E-state index is 12.7. The van der Waals surface area contributed by atoms with Crippen LogP contribution in [0.1, 0.15) is 138 Å². The number of rotatable bonds is 20. The monoisotopic (exact) mass is 474 g/mol. The number of ether oxygens (including phenoxy) is 2. The smallest absolute Gasteiger partial charge is 0.339 e. The highest BCUT2D eigenvalue weighted by atomic mass is 16.5. The lowest BCUT2D eigenvalue weighted by Gasteiger charge is -2.15. The van der Waals surface area contributed by atoms with E-state index in [-0.39, 0.29) is 0 Å². The Bertz CT molecular complexity index is 613. The van der Waals surface area contributed by atoms with Crippen LogP contribution in [0.5, 0.6) is 0 Å². The number of hydrogen-bond donors (Lipinski definition) is 0. The van der Waals surface area contributed by atoms with Crippen LogP contribution in [-0.2, 0) is 9.47 Å². The predicted molar refractivity (Wildman–Crippen MR) is 141 cm³/mol. The van der Waals surface area contributed by atoms with Crippen molar-refractivity contribution in [2.45, 2.75) is 118 Å². The highest BCUT2D eigenvalue weighted by molar-refractivity contribution is 6.03. The third kappa shape index (κ3) is 13.8. The zero-order valence-electron chi connectivity index (χ0n) is 22.4. The molecule has 0 saturated heterocycles. The van der Waals surface area contributed by atoms with Gasteiger partial charge in [-0.1, -0.05) is 117 Å². The van der Waals surface area contributed by atoms with E-state index in [0.717, 1.165) is 12.8 Å². The van der Waals surface area contributed by atoms with E-state index in [9.17, 15) is 9.59 Å². The molecular formula is C30H50O4. The van der Waals surface area contributed by atoms with Crippen molar-refractivity contribution in [1.29, 1.82) is 0 Å². The minimum atomic E-state index is -0.442. The summed E-state index contributed by atoms with van der Waals surface area (Å²) in [5, 5.41) is 0. The topological polar surface area (TPSA) is 52.6 Å². The van der Waals surface area contributed by atoms with Gasteiger partial charge in [0.15, 0.2) is 0 Å². The van der Waals surface area contributed by atoms with Crippen molar-refractivity contribution in [2.24, 2.45) is 11.8 Å². The van der Waals surface area contributed by atoms with Gasteiger partial charge in [-0.05, 0) is 36.8 Å². The lowest BCUT2D eigenvalue weighted by molar-refractivity contribution is 0.0396. The summed E-state index contributed by atoms with van der Waals surface area (Å²) in [7, 11) is 0. The van der Waals surface area contributed by atoms with Gasteiger partial charge in [0, 0.05) is 0 Å². The van der Waals surface area contributed by atoms with Gasteiger partial charge in [-0.25, -0.2) is 9.59 Å². The van der Waals surface area contributed by atoms with Gasteiger partial charge in [-0.2, -0.15) is 0 Å². The fourth-order valence-corrected chi connectivity index (χ4v) is 4.14. The summed E-state index contributed by atoms with van der Waals surface area (Å²) in [5.74, 6) is -0.251. The van der Waals surface area contributed by atoms with Gasteiger partial charge < -0.3 is 9.47 Å². The number of esters is 2. The van der Waals surface area contributed by atoms with Crippen molar-refractivity contribution in [1.82, 2.24) is 0 Å². The SMILES string of the molecule is CCCCCCCCC(C)COC(=O)c1ccccc1C(=O)OCC(C)CCCCCCCC. The zero-order valence-corrected chi connectivity index (χ0v) is 22.4. The van der Waals surface area contributed by atoms with E-state index in [4.69, 9.17) is 9.47 Å². The van der Waals surface area contributed by atoms with E-state index in [1.165, 1.54) is 77.0 Å². The summed E-state index contributed by atoms with van der Waals surface area (Å²) in [4.78, 5) is 25.4. The molecule has 0 saturated carbocycles. The van der Waals surface area contributed by atoms with E-state index in [0.29, 0.717) is 36.2 Å². The van der Waals surface area contributed by atoms with Gasteiger partial charge in [0.25, 0.3) is 0 Å². The number of carbonyl (C=O) groups is 2. The Kier molecular flexibility index (Phi) is 17.3. The minimum Gasteiger partial charge on any atom is -0.462 e. The summed E-state index contributed by atoms with van der Waals surface area (Å²) < 4.78 is 11.1. The third-order valence-electron chi connectivity index (χ3n) is 6.47. The third-order valence-corrected chi connectivity index (χ3v) is 6.47. The Morgan fingerprint density at radius 2 is 0.971 bits per heavy atom. The molecule has 1 aromatic rings. The molecule has 1 aromatic carbocycles. The van der Waals surface area contributed by atoms with Gasteiger partial charge in [0.05, 0.1) is 24.3 Å². The number of carbonyl (C=O) groups excluding carboxylic acids is 2. The molecule has 0 aliphatic carbocycles. The van der Waals surface area contributed by atoms with Crippen LogP contribution in [0, 0.1) is 11.8 Å². The molecule has 0 radical (unpaired) electrons. The molecule has 4 nitrogen and oxygen atoms in total. The molecule has 2 unspecified atom stereocenters. The quantitative estimate of drug-likeness (QED) is 0.140. The van der Waals surface area contributed by atoms with E-state index in [2.05, 4.69) is 27.7 Å². The molecule has 34 heavy (non-hydrogen) atoms. The number of hydrogen-bond acceptors (Lipinski definition) is 4. The van der Waals surface area contributed by atoms with Crippen LogP contribution in [0.3, 0.4) is 0 Å². The largest absolute Gasteiger partial charge is 0.462 e. The van der Waals surface area contributed by atoms with Crippen LogP contribution in [-0.4, -0.2) is 25.2 Å². The van der Waals surface area contributed by atoms with E-state index >= 15 is 0 Å². The Balaban J connectivity index is 2.38. The number of unbranched alkanes of at least 4 members (excludes halogenated alkanes) is 10. The van der Waals surface area contributed by atoms with Crippen molar-refractivity contribution in [2.75, 3.05) is 13.2 Å². The second-order valence-electron chi connectivity index (χ2n) is 10.1. The average Bonchev–Trinajstić information content (AvgIpc) is 2.85. The number of benzene rings is 1. The van der Waals surface area contributed by atoms with E-state index in [1.54, 1.807) is 24.3 Å². The first-order valence-electron chi connectivity index (χ1n) is 13.9. The molecule has 0 aliphatic heterocycles. The fraction of sp³-hybridized carbons (Fsp3) is 0.733. The lowest BCUT2D eigenvalue weighted by Crippen LogP contribution is -2.18. The molecule has 0 heterocycles. The standard InChI is InChI=1S/C30H50O4/c1-5-7-9-11-13-15-19-25(3)23-33-29(31)27-21-17-18-22-28(27)30(32)34-24-26(4)20-16-14-12-10-8-6-2/h17-18,21-22,25-26H,5-16,19-20,23-24H2,1-4H3. The van der Waals surface area contributed by atoms with Crippen molar-refractivity contribution in [3.05, 3.63) is 35.4 Å². The van der Waals surface area contributed by atoms with E-state index in [1.807, 2.05) is 0 Å². The summed E-state index contributed by atoms with van der Waals surface area (Å²) in [6, 6.07) is 6.82. The van der Waals surface area contributed by atoms with Crippen molar-refractivity contribution in [3.63, 3.8) is 0 Å². The lowest BCUT2D eigenvalue weighted by atomic mass is 10.0. The first-order valence-corrected chi connectivity index (χ1v) is 13.9. The second-order valence-corrected chi connectivity index (χ2v) is 10.1. The summed E-state index contributed by atoms with van der Waals surface area (Å²) in [6.45, 7) is 9.45. The normalized spacial score (nSPS) is 12.8. The van der Waals surface area contributed by atoms with Crippen LogP contribution in [0.4, 0.5) is 0 Å². The van der Waals surface area contributed by atoms with Crippen LogP contribution in [0.25, 0.3) is 0 Å². The van der Waals surface area contributed by atoms with Gasteiger partial charge in [0.1, 0.15) is 0 Å². The Morgan fingerprint density at radius 1 is 0.618 bits per heavy atom. The van der Waals surface area contributed by atoms with Gasteiger partial charge >= 0.3 is 11.9 Å². The molecule has 0 N–H and O–H groups in total. The molecule has 0 aromatic heterocycles. The zero-order chi connectivity index (χ0) is 25.0. The molecule has 0 amide bonds. The Labute approximate surface area is 209 Å². The molecule has 4 heteroatoms. The average molecular weight is 475 g/mol. The van der Waals surface area contributed by atoms with Gasteiger partial charge in [0.2, 0.25) is 0 Å². The molecule has 2 atom stereocenters. The molecule has 0 spiro atoms. The summed E-state index contributed by atoms with van der Waals surface area (Å²) in [6.07, 6.45) is 17.3. The second kappa shape index (κ2) is 19.5. The van der Waals surface area contributed by atoms with Crippen LogP contribution >= 0.6 is 0 Å². The summed E-state index contributed by atoms with van der Waals surface area (Å²) >= 11 is 0. The Hall–Kier alpha value is -1.84. The van der Waals surface area contributed by atoms with Crippen LogP contribution in [0.15, 0.2) is 24.3 Å². The molecular weight excluding hydrogens is 424 g/mol. The van der Waals surface area contributed by atoms with Crippen LogP contribution < -0.4 is 0 Å². The first-order chi connectivity index (χ1) is 16.5. The van der Waals surface area contributed by atoms with Crippen molar-refractivity contribution >= 4 is 11.9 Å². The van der Waals surface area contributed by atoms with Crippen molar-refractivity contribution < 1.29 is 19.1 Å². The molecule has 0 fully saturated rings.